The topological polar surface area (TPSA) is 80.3 Å². The number of carbonyl (C=O) groups is 2. The molecule has 3 aromatic rings. The summed E-state index contributed by atoms with van der Waals surface area (Å²) in [5.74, 6) is -0.690. The van der Waals surface area contributed by atoms with Crippen molar-refractivity contribution in [2.75, 3.05) is 17.2 Å². The van der Waals surface area contributed by atoms with Gasteiger partial charge in [0.2, 0.25) is 5.91 Å². The Morgan fingerprint density at radius 2 is 1.93 bits per heavy atom. The maximum atomic E-state index is 14.3. The summed E-state index contributed by atoms with van der Waals surface area (Å²) in [4.78, 5) is 27.3. The summed E-state index contributed by atoms with van der Waals surface area (Å²) >= 11 is 6.96. The summed E-state index contributed by atoms with van der Waals surface area (Å²) in [6, 6.07) is 11.0. The first-order valence-electron chi connectivity index (χ1n) is 8.12. The van der Waals surface area contributed by atoms with E-state index < -0.39 is 11.7 Å². The molecule has 0 radical (unpaired) electrons. The van der Waals surface area contributed by atoms with E-state index in [1.165, 1.54) is 30.4 Å². The van der Waals surface area contributed by atoms with Gasteiger partial charge in [0.1, 0.15) is 11.6 Å². The lowest BCUT2D eigenvalue weighted by Gasteiger charge is -2.06. The van der Waals surface area contributed by atoms with Crippen LogP contribution in [0, 0.1) is 5.82 Å². The molecular formula is C19H15ClFN3O3S. The van der Waals surface area contributed by atoms with Gasteiger partial charge in [-0.1, -0.05) is 11.6 Å². The zero-order chi connectivity index (χ0) is 20.1. The predicted octanol–water partition coefficient (Wildman–Crippen LogP) is 4.58. The van der Waals surface area contributed by atoms with Gasteiger partial charge in [0, 0.05) is 28.6 Å². The van der Waals surface area contributed by atoms with E-state index in [0.29, 0.717) is 27.3 Å². The smallest absolute Gasteiger partial charge is 0.264 e. The summed E-state index contributed by atoms with van der Waals surface area (Å²) in [7, 11) is 0. The van der Waals surface area contributed by atoms with Crippen LogP contribution in [0.1, 0.15) is 6.92 Å². The highest BCUT2D eigenvalue weighted by Crippen LogP contribution is 2.28. The molecule has 3 rings (SSSR count). The van der Waals surface area contributed by atoms with Crippen molar-refractivity contribution in [2.24, 2.45) is 0 Å². The monoisotopic (exact) mass is 419 g/mol. The molecular weight excluding hydrogens is 405 g/mol. The van der Waals surface area contributed by atoms with E-state index in [0.717, 1.165) is 0 Å². The molecule has 0 saturated carbocycles. The standard InChI is InChI=1S/C19H15ClFN3O3S/c1-11(25)22-13-4-7-15(16(21)8-13)17-10-28-19(23-17)24-18(26)9-27-14-5-2-12(20)3-6-14/h2-8,10H,9H2,1H3,(H,22,25)(H,23,24,26). The van der Waals surface area contributed by atoms with E-state index in [-0.39, 0.29) is 18.1 Å². The van der Waals surface area contributed by atoms with Gasteiger partial charge < -0.3 is 10.1 Å². The molecule has 0 aliphatic heterocycles. The van der Waals surface area contributed by atoms with Crippen LogP contribution in [0.2, 0.25) is 5.02 Å². The summed E-state index contributed by atoms with van der Waals surface area (Å²) in [5, 5.41) is 7.65. The van der Waals surface area contributed by atoms with Crippen molar-refractivity contribution >= 4 is 45.6 Å². The van der Waals surface area contributed by atoms with Gasteiger partial charge in [-0.25, -0.2) is 9.37 Å². The number of hydrogen-bond donors (Lipinski definition) is 2. The summed E-state index contributed by atoms with van der Waals surface area (Å²) in [6.07, 6.45) is 0. The van der Waals surface area contributed by atoms with E-state index in [1.807, 2.05) is 0 Å². The van der Waals surface area contributed by atoms with E-state index in [9.17, 15) is 14.0 Å². The molecule has 0 aliphatic rings. The van der Waals surface area contributed by atoms with Gasteiger partial charge in [-0.05, 0) is 42.5 Å². The van der Waals surface area contributed by atoms with Crippen molar-refractivity contribution in [1.82, 2.24) is 4.98 Å². The molecule has 2 N–H and O–H groups in total. The van der Waals surface area contributed by atoms with Crippen molar-refractivity contribution in [3.05, 3.63) is 58.7 Å². The Morgan fingerprint density at radius 1 is 1.18 bits per heavy atom. The summed E-state index contributed by atoms with van der Waals surface area (Å²) < 4.78 is 19.7. The first-order chi connectivity index (χ1) is 13.4. The summed E-state index contributed by atoms with van der Waals surface area (Å²) in [5.41, 5.74) is 1.01. The Balaban J connectivity index is 1.61. The van der Waals surface area contributed by atoms with Crippen LogP contribution in [0.4, 0.5) is 15.2 Å². The number of carbonyl (C=O) groups excluding carboxylic acids is 2. The highest BCUT2D eigenvalue weighted by atomic mass is 35.5. The zero-order valence-electron chi connectivity index (χ0n) is 14.7. The van der Waals surface area contributed by atoms with E-state index in [1.54, 1.807) is 35.7 Å². The van der Waals surface area contributed by atoms with Gasteiger partial charge >= 0.3 is 0 Å². The second-order valence-corrected chi connectivity index (χ2v) is 7.00. The normalized spacial score (nSPS) is 10.4. The van der Waals surface area contributed by atoms with Crippen molar-refractivity contribution in [1.29, 1.82) is 0 Å². The minimum atomic E-state index is -0.527. The molecule has 0 unspecified atom stereocenters. The maximum Gasteiger partial charge on any atom is 0.264 e. The molecule has 0 atom stereocenters. The lowest BCUT2D eigenvalue weighted by molar-refractivity contribution is -0.118. The number of amides is 2. The molecule has 0 fully saturated rings. The zero-order valence-corrected chi connectivity index (χ0v) is 16.2. The Labute approximate surface area is 169 Å². The first-order valence-corrected chi connectivity index (χ1v) is 9.38. The fourth-order valence-electron chi connectivity index (χ4n) is 2.29. The van der Waals surface area contributed by atoms with Crippen LogP contribution in [0.5, 0.6) is 5.75 Å². The van der Waals surface area contributed by atoms with Gasteiger partial charge in [0.05, 0.1) is 5.69 Å². The third-order valence-electron chi connectivity index (χ3n) is 3.50. The molecule has 1 heterocycles. The van der Waals surface area contributed by atoms with Crippen molar-refractivity contribution in [2.45, 2.75) is 6.92 Å². The van der Waals surface area contributed by atoms with Crippen LogP contribution in [0.3, 0.4) is 0 Å². The number of halogens is 2. The van der Waals surface area contributed by atoms with E-state index in [4.69, 9.17) is 16.3 Å². The highest BCUT2D eigenvalue weighted by molar-refractivity contribution is 7.14. The van der Waals surface area contributed by atoms with Crippen LogP contribution in [0.25, 0.3) is 11.3 Å². The second kappa shape index (κ2) is 8.81. The molecule has 1 aromatic heterocycles. The molecule has 9 heteroatoms. The highest BCUT2D eigenvalue weighted by Gasteiger charge is 2.12. The molecule has 0 bridgehead atoms. The third kappa shape index (κ3) is 5.28. The van der Waals surface area contributed by atoms with Gasteiger partial charge in [0.25, 0.3) is 5.91 Å². The number of ether oxygens (including phenoxy) is 1. The van der Waals surface area contributed by atoms with E-state index in [2.05, 4.69) is 15.6 Å². The molecule has 0 aliphatic carbocycles. The average molecular weight is 420 g/mol. The van der Waals surface area contributed by atoms with Crippen LogP contribution >= 0.6 is 22.9 Å². The fourth-order valence-corrected chi connectivity index (χ4v) is 3.15. The van der Waals surface area contributed by atoms with Crippen LogP contribution in [-0.4, -0.2) is 23.4 Å². The lowest BCUT2D eigenvalue weighted by atomic mass is 10.1. The minimum Gasteiger partial charge on any atom is -0.484 e. The number of hydrogen-bond acceptors (Lipinski definition) is 5. The van der Waals surface area contributed by atoms with Crippen LogP contribution in [-0.2, 0) is 9.59 Å². The molecule has 0 saturated heterocycles. The Morgan fingerprint density at radius 3 is 2.61 bits per heavy atom. The fraction of sp³-hybridized carbons (Fsp3) is 0.105. The number of anilines is 2. The predicted molar refractivity (Wildman–Crippen MR) is 107 cm³/mol. The van der Waals surface area contributed by atoms with Gasteiger partial charge in [0.15, 0.2) is 11.7 Å². The largest absolute Gasteiger partial charge is 0.484 e. The molecule has 2 aromatic carbocycles. The quantitative estimate of drug-likeness (QED) is 0.613. The average Bonchev–Trinajstić information content (AvgIpc) is 3.09. The Hall–Kier alpha value is -2.97. The Kier molecular flexibility index (Phi) is 6.23. The van der Waals surface area contributed by atoms with Gasteiger partial charge in [-0.3, -0.25) is 14.9 Å². The Bertz CT molecular complexity index is 1010. The molecule has 0 spiro atoms. The number of rotatable bonds is 6. The van der Waals surface area contributed by atoms with Crippen molar-refractivity contribution < 1.29 is 18.7 Å². The minimum absolute atomic E-state index is 0.198. The van der Waals surface area contributed by atoms with Crippen LogP contribution in [0.15, 0.2) is 47.8 Å². The SMILES string of the molecule is CC(=O)Nc1ccc(-c2csc(NC(=O)COc3ccc(Cl)cc3)n2)c(F)c1. The third-order valence-corrected chi connectivity index (χ3v) is 4.51. The first kappa shape index (κ1) is 19.8. The molecule has 28 heavy (non-hydrogen) atoms. The van der Waals surface area contributed by atoms with Crippen molar-refractivity contribution in [3.63, 3.8) is 0 Å². The molecule has 144 valence electrons. The van der Waals surface area contributed by atoms with Crippen LogP contribution < -0.4 is 15.4 Å². The number of nitrogens with zero attached hydrogens (tertiary/aromatic N) is 1. The second-order valence-electron chi connectivity index (χ2n) is 5.70. The van der Waals surface area contributed by atoms with Gasteiger partial charge in [-0.15, -0.1) is 11.3 Å². The van der Waals surface area contributed by atoms with Gasteiger partial charge in [-0.2, -0.15) is 0 Å². The van der Waals surface area contributed by atoms with Crippen molar-refractivity contribution in [3.8, 4) is 17.0 Å². The number of aromatic nitrogens is 1. The number of nitrogens with one attached hydrogen (secondary N) is 2. The lowest BCUT2D eigenvalue weighted by Crippen LogP contribution is -2.20. The summed E-state index contributed by atoms with van der Waals surface area (Å²) in [6.45, 7) is 1.15. The molecule has 6 nitrogen and oxygen atoms in total. The maximum absolute atomic E-state index is 14.3. The molecule has 2 amide bonds. The number of benzene rings is 2. The van der Waals surface area contributed by atoms with E-state index >= 15 is 0 Å². The number of thiazole rings is 1.